The fraction of sp³-hybridized carbons (Fsp3) is 0.875. The monoisotopic (exact) mass is 285 g/mol. The smallest absolute Gasteiger partial charge is 0.308 e. The van der Waals surface area contributed by atoms with E-state index in [-0.39, 0.29) is 6.42 Å². The van der Waals surface area contributed by atoms with Gasteiger partial charge in [0, 0.05) is 26.0 Å². The van der Waals surface area contributed by atoms with Crippen LogP contribution in [0.5, 0.6) is 0 Å². The molecule has 0 aliphatic rings. The molecule has 0 rings (SSSR count). The van der Waals surface area contributed by atoms with Crippen molar-refractivity contribution in [3.63, 3.8) is 0 Å². The van der Waals surface area contributed by atoms with Crippen LogP contribution in [-0.2, 0) is 9.53 Å². The topological polar surface area (TPSA) is 58.9 Å². The lowest BCUT2D eigenvalue weighted by Crippen LogP contribution is -1.99. The van der Waals surface area contributed by atoms with Crippen molar-refractivity contribution in [1.29, 1.82) is 0 Å². The van der Waals surface area contributed by atoms with E-state index < -0.39 is 5.97 Å². The van der Waals surface area contributed by atoms with Gasteiger partial charge in [0.15, 0.2) is 0 Å². The molecule has 0 aromatic rings. The summed E-state index contributed by atoms with van der Waals surface area (Å²) in [6, 6.07) is 0. The summed E-state index contributed by atoms with van der Waals surface area (Å²) in [4.78, 5) is 14.2. The zero-order chi connectivity index (χ0) is 15.1. The molecule has 4 nitrogen and oxygen atoms in total. The molecular formula is C16H31NO3. The number of carbonyl (C=O) groups is 1. The summed E-state index contributed by atoms with van der Waals surface area (Å²) in [5, 5.41) is 8.40. The van der Waals surface area contributed by atoms with E-state index in [0.717, 1.165) is 32.0 Å². The normalized spacial score (nSPS) is 11.6. The first kappa shape index (κ1) is 19.1. The Hall–Kier alpha value is -0.900. The fourth-order valence-corrected chi connectivity index (χ4v) is 1.88. The number of ether oxygens (including phenoxy) is 1. The van der Waals surface area contributed by atoms with Crippen LogP contribution >= 0.6 is 0 Å². The molecular weight excluding hydrogens is 254 g/mol. The molecule has 118 valence electrons. The molecule has 0 aromatic carbocycles. The second-order valence-electron chi connectivity index (χ2n) is 5.60. The van der Waals surface area contributed by atoms with E-state index in [2.05, 4.69) is 18.8 Å². The van der Waals surface area contributed by atoms with Crippen LogP contribution in [0.4, 0.5) is 0 Å². The first-order chi connectivity index (χ1) is 9.63. The van der Waals surface area contributed by atoms with Crippen LogP contribution in [0.1, 0.15) is 65.2 Å². The second-order valence-corrected chi connectivity index (χ2v) is 5.60. The van der Waals surface area contributed by atoms with Crippen molar-refractivity contribution >= 4 is 12.2 Å². The van der Waals surface area contributed by atoms with Gasteiger partial charge >= 0.3 is 5.97 Å². The van der Waals surface area contributed by atoms with Crippen LogP contribution in [0.25, 0.3) is 0 Å². The minimum atomic E-state index is -0.835. The Morgan fingerprint density at radius 1 is 1.10 bits per heavy atom. The van der Waals surface area contributed by atoms with Crippen molar-refractivity contribution < 1.29 is 14.6 Å². The molecule has 4 heteroatoms. The average Bonchev–Trinajstić information content (AvgIpc) is 2.38. The summed E-state index contributed by atoms with van der Waals surface area (Å²) in [5.74, 6) is -0.00474. The number of carboxylic acids is 1. The van der Waals surface area contributed by atoms with Gasteiger partial charge in [0.1, 0.15) is 0 Å². The van der Waals surface area contributed by atoms with Gasteiger partial charge in [0.05, 0.1) is 6.42 Å². The quantitative estimate of drug-likeness (QED) is 0.388. The van der Waals surface area contributed by atoms with Crippen molar-refractivity contribution in [2.24, 2.45) is 10.9 Å². The van der Waals surface area contributed by atoms with Gasteiger partial charge in [-0.15, -0.1) is 0 Å². The zero-order valence-corrected chi connectivity index (χ0v) is 13.1. The SMILES string of the molecule is CC(C)CCCCCCCOCCCN=CCC(=O)O. The van der Waals surface area contributed by atoms with Crippen LogP contribution in [0, 0.1) is 5.92 Å². The largest absolute Gasteiger partial charge is 0.481 e. The maximum Gasteiger partial charge on any atom is 0.308 e. The Kier molecular flexibility index (Phi) is 13.9. The minimum Gasteiger partial charge on any atom is -0.481 e. The molecule has 0 fully saturated rings. The highest BCUT2D eigenvalue weighted by Crippen LogP contribution is 2.10. The summed E-state index contributed by atoms with van der Waals surface area (Å²) >= 11 is 0. The highest BCUT2D eigenvalue weighted by molar-refractivity contribution is 5.84. The number of nitrogens with zero attached hydrogens (tertiary/aromatic N) is 1. The molecule has 0 aliphatic heterocycles. The molecule has 0 atom stereocenters. The number of hydrogen-bond acceptors (Lipinski definition) is 3. The van der Waals surface area contributed by atoms with Gasteiger partial charge in [-0.3, -0.25) is 9.79 Å². The molecule has 0 unspecified atom stereocenters. The number of rotatable bonds is 14. The molecule has 0 bridgehead atoms. The van der Waals surface area contributed by atoms with Gasteiger partial charge in [0.2, 0.25) is 0 Å². The van der Waals surface area contributed by atoms with Gasteiger partial charge in [0.25, 0.3) is 0 Å². The van der Waals surface area contributed by atoms with E-state index in [1.54, 1.807) is 0 Å². The van der Waals surface area contributed by atoms with Gasteiger partial charge in [-0.2, -0.15) is 0 Å². The van der Waals surface area contributed by atoms with E-state index in [4.69, 9.17) is 9.84 Å². The molecule has 1 N–H and O–H groups in total. The molecule has 0 saturated carbocycles. The molecule has 0 radical (unpaired) electrons. The summed E-state index contributed by atoms with van der Waals surface area (Å²) in [5.41, 5.74) is 0. The number of carboxylic acid groups (broad SMARTS) is 1. The van der Waals surface area contributed by atoms with E-state index in [1.165, 1.54) is 38.3 Å². The van der Waals surface area contributed by atoms with E-state index >= 15 is 0 Å². The lowest BCUT2D eigenvalue weighted by atomic mass is 10.0. The number of aliphatic carboxylic acids is 1. The standard InChI is InChI=1S/C16H31NO3/c1-15(2)9-6-4-3-5-7-13-20-14-8-11-17-12-10-16(18)19/h12,15H,3-11,13-14H2,1-2H3,(H,18,19). The Balaban J connectivity index is 3.06. The van der Waals surface area contributed by atoms with Crippen molar-refractivity contribution in [2.45, 2.75) is 65.2 Å². The Morgan fingerprint density at radius 2 is 1.75 bits per heavy atom. The number of aliphatic imine (C=N–C) groups is 1. The molecule has 0 aromatic heterocycles. The van der Waals surface area contributed by atoms with Gasteiger partial charge in [-0.25, -0.2) is 0 Å². The maximum absolute atomic E-state index is 10.2. The predicted octanol–water partition coefficient (Wildman–Crippen LogP) is 3.94. The van der Waals surface area contributed by atoms with Gasteiger partial charge in [-0.05, 0) is 18.8 Å². The molecule has 0 saturated heterocycles. The number of hydrogen-bond donors (Lipinski definition) is 1. The third kappa shape index (κ3) is 17.1. The Labute approximate surface area is 123 Å². The van der Waals surface area contributed by atoms with Crippen molar-refractivity contribution in [2.75, 3.05) is 19.8 Å². The predicted molar refractivity (Wildman–Crippen MR) is 83.6 cm³/mol. The second kappa shape index (κ2) is 14.5. The van der Waals surface area contributed by atoms with Crippen LogP contribution in [-0.4, -0.2) is 37.0 Å². The summed E-state index contributed by atoms with van der Waals surface area (Å²) in [7, 11) is 0. The van der Waals surface area contributed by atoms with Crippen molar-refractivity contribution in [1.82, 2.24) is 0 Å². The van der Waals surface area contributed by atoms with Crippen LogP contribution in [0.2, 0.25) is 0 Å². The molecule has 0 aliphatic carbocycles. The lowest BCUT2D eigenvalue weighted by molar-refractivity contribution is -0.135. The third-order valence-electron chi connectivity index (χ3n) is 3.04. The van der Waals surface area contributed by atoms with Crippen LogP contribution in [0.3, 0.4) is 0 Å². The summed E-state index contributed by atoms with van der Waals surface area (Å²) < 4.78 is 5.52. The van der Waals surface area contributed by atoms with E-state index in [1.807, 2.05) is 0 Å². The average molecular weight is 285 g/mol. The van der Waals surface area contributed by atoms with Crippen LogP contribution < -0.4 is 0 Å². The first-order valence-electron chi connectivity index (χ1n) is 7.90. The zero-order valence-electron chi connectivity index (χ0n) is 13.1. The summed E-state index contributed by atoms with van der Waals surface area (Å²) in [6.07, 6.45) is 10.1. The molecule has 20 heavy (non-hydrogen) atoms. The minimum absolute atomic E-state index is 0.0116. The highest BCUT2D eigenvalue weighted by Gasteiger charge is 1.95. The fourth-order valence-electron chi connectivity index (χ4n) is 1.88. The van der Waals surface area contributed by atoms with Crippen LogP contribution in [0.15, 0.2) is 4.99 Å². The van der Waals surface area contributed by atoms with E-state index in [0.29, 0.717) is 6.54 Å². The maximum atomic E-state index is 10.2. The molecule has 0 spiro atoms. The number of unbranched alkanes of at least 4 members (excludes halogenated alkanes) is 4. The lowest BCUT2D eigenvalue weighted by Gasteiger charge is -2.05. The van der Waals surface area contributed by atoms with Crippen molar-refractivity contribution in [3.8, 4) is 0 Å². The van der Waals surface area contributed by atoms with Gasteiger partial charge < -0.3 is 9.84 Å². The highest BCUT2D eigenvalue weighted by atomic mass is 16.5. The third-order valence-corrected chi connectivity index (χ3v) is 3.04. The molecule has 0 heterocycles. The summed E-state index contributed by atoms with van der Waals surface area (Å²) in [6.45, 7) is 6.77. The first-order valence-corrected chi connectivity index (χ1v) is 7.90. The van der Waals surface area contributed by atoms with Gasteiger partial charge in [-0.1, -0.05) is 46.0 Å². The van der Waals surface area contributed by atoms with Crippen molar-refractivity contribution in [3.05, 3.63) is 0 Å². The van der Waals surface area contributed by atoms with E-state index in [9.17, 15) is 4.79 Å². The Bertz CT molecular complexity index is 252. The Morgan fingerprint density at radius 3 is 2.45 bits per heavy atom. The molecule has 0 amide bonds.